The highest BCUT2D eigenvalue weighted by Gasteiger charge is 2.28. The average molecular weight is 419 g/mol. The molecular formula is C21H18FN7O2. The van der Waals surface area contributed by atoms with E-state index in [0.29, 0.717) is 30.1 Å². The van der Waals surface area contributed by atoms with Crippen LogP contribution < -0.4 is 5.32 Å². The highest BCUT2D eigenvalue weighted by Crippen LogP contribution is 2.21. The monoisotopic (exact) mass is 419 g/mol. The van der Waals surface area contributed by atoms with Crippen molar-refractivity contribution in [3.05, 3.63) is 66.0 Å². The Kier molecular flexibility index (Phi) is 4.46. The van der Waals surface area contributed by atoms with Gasteiger partial charge in [0.2, 0.25) is 5.78 Å². The van der Waals surface area contributed by atoms with Gasteiger partial charge in [-0.1, -0.05) is 12.1 Å². The maximum atomic E-state index is 13.5. The molecule has 1 fully saturated rings. The van der Waals surface area contributed by atoms with E-state index in [-0.39, 0.29) is 28.8 Å². The number of nitrogens with one attached hydrogen (secondary N) is 1. The van der Waals surface area contributed by atoms with Crippen molar-refractivity contribution in [3.8, 4) is 11.3 Å². The van der Waals surface area contributed by atoms with Crippen molar-refractivity contribution >= 4 is 23.4 Å². The first-order chi connectivity index (χ1) is 15.0. The van der Waals surface area contributed by atoms with Gasteiger partial charge in [0.1, 0.15) is 17.3 Å². The third-order valence-corrected chi connectivity index (χ3v) is 5.22. The number of halogens is 1. The van der Waals surface area contributed by atoms with Crippen molar-refractivity contribution in [2.24, 2.45) is 7.05 Å². The lowest BCUT2D eigenvalue weighted by Crippen LogP contribution is -2.42. The van der Waals surface area contributed by atoms with Gasteiger partial charge in [-0.25, -0.2) is 9.37 Å². The van der Waals surface area contributed by atoms with Crippen molar-refractivity contribution in [2.45, 2.75) is 6.42 Å². The van der Waals surface area contributed by atoms with E-state index in [1.807, 2.05) is 0 Å². The number of amides is 2. The summed E-state index contributed by atoms with van der Waals surface area (Å²) >= 11 is 0. The Hall–Kier alpha value is -4.08. The maximum Gasteiger partial charge on any atom is 0.275 e. The molecule has 0 saturated carbocycles. The largest absolute Gasteiger partial charge is 0.338 e. The molecular weight excluding hydrogens is 401 g/mol. The first-order valence-corrected chi connectivity index (χ1v) is 9.74. The molecule has 0 bridgehead atoms. The summed E-state index contributed by atoms with van der Waals surface area (Å²) in [6, 6.07) is 7.75. The fraction of sp³-hybridized carbons (Fsp3) is 0.190. The third-order valence-electron chi connectivity index (χ3n) is 5.22. The molecule has 1 N–H and O–H groups in total. The summed E-state index contributed by atoms with van der Waals surface area (Å²) in [5, 5.41) is 6.79. The van der Waals surface area contributed by atoms with Gasteiger partial charge in [0.25, 0.3) is 11.8 Å². The van der Waals surface area contributed by atoms with Crippen LogP contribution in [0.15, 0.2) is 48.9 Å². The Labute approximate surface area is 176 Å². The number of hydrogen-bond acceptors (Lipinski definition) is 5. The zero-order chi connectivity index (χ0) is 21.5. The van der Waals surface area contributed by atoms with Crippen LogP contribution in [0.2, 0.25) is 0 Å². The molecule has 0 unspecified atom stereocenters. The van der Waals surface area contributed by atoms with Crippen molar-refractivity contribution < 1.29 is 14.0 Å². The van der Waals surface area contributed by atoms with Crippen LogP contribution >= 0.6 is 0 Å². The van der Waals surface area contributed by atoms with E-state index >= 15 is 0 Å². The molecule has 1 saturated heterocycles. The molecule has 5 rings (SSSR count). The topological polar surface area (TPSA) is 97.4 Å². The van der Waals surface area contributed by atoms with Crippen molar-refractivity contribution in [1.29, 1.82) is 0 Å². The minimum absolute atomic E-state index is 0.169. The molecule has 1 aliphatic heterocycles. The molecule has 156 valence electrons. The molecule has 2 amide bonds. The summed E-state index contributed by atoms with van der Waals surface area (Å²) in [7, 11) is 1.61. The van der Waals surface area contributed by atoms with Gasteiger partial charge in [-0.15, -0.1) is 0 Å². The van der Waals surface area contributed by atoms with E-state index < -0.39 is 5.91 Å². The molecule has 1 aliphatic rings. The lowest BCUT2D eigenvalue weighted by Gasteiger charge is -2.30. The Morgan fingerprint density at radius 3 is 2.74 bits per heavy atom. The molecule has 0 atom stereocenters. The minimum Gasteiger partial charge on any atom is -0.338 e. The number of hydrogen-bond donors (Lipinski definition) is 1. The number of fused-ring (bicyclic) bond motifs is 1. The molecule has 9 nitrogen and oxygen atoms in total. The van der Waals surface area contributed by atoms with Crippen LogP contribution in [0.3, 0.4) is 0 Å². The van der Waals surface area contributed by atoms with Crippen LogP contribution in [-0.2, 0) is 7.05 Å². The molecule has 0 radical (unpaired) electrons. The number of likely N-dealkylation sites (tertiary alicyclic amines) is 1. The molecule has 3 aromatic heterocycles. The van der Waals surface area contributed by atoms with Gasteiger partial charge >= 0.3 is 0 Å². The number of carbonyl (C=O) groups excluding carboxylic acids is 2. The van der Waals surface area contributed by atoms with E-state index in [4.69, 9.17) is 0 Å². The highest BCUT2D eigenvalue weighted by molar-refractivity contribution is 6.10. The Morgan fingerprint density at radius 2 is 2.00 bits per heavy atom. The molecule has 0 spiro atoms. The van der Waals surface area contributed by atoms with E-state index in [1.165, 1.54) is 23.0 Å². The van der Waals surface area contributed by atoms with Crippen LogP contribution in [0.25, 0.3) is 17.0 Å². The van der Waals surface area contributed by atoms with E-state index in [1.54, 1.807) is 46.9 Å². The number of benzene rings is 1. The maximum absolute atomic E-state index is 13.5. The van der Waals surface area contributed by atoms with E-state index in [0.717, 1.165) is 6.42 Å². The smallest absolute Gasteiger partial charge is 0.275 e. The van der Waals surface area contributed by atoms with Gasteiger partial charge in [-0.2, -0.15) is 10.1 Å². The fourth-order valence-electron chi connectivity index (χ4n) is 3.46. The molecule has 10 heteroatoms. The summed E-state index contributed by atoms with van der Waals surface area (Å²) in [6.07, 6.45) is 5.79. The van der Waals surface area contributed by atoms with Crippen molar-refractivity contribution in [3.63, 3.8) is 0 Å². The Bertz CT molecular complexity index is 1320. The van der Waals surface area contributed by atoms with Gasteiger partial charge in [-0.3, -0.25) is 18.7 Å². The second kappa shape index (κ2) is 7.31. The average Bonchev–Trinajstić information content (AvgIpc) is 3.29. The normalized spacial score (nSPS) is 13.3. The lowest BCUT2D eigenvalue weighted by molar-refractivity contribution is 0.0648. The van der Waals surface area contributed by atoms with Crippen molar-refractivity contribution in [2.75, 3.05) is 18.4 Å². The first-order valence-electron chi connectivity index (χ1n) is 9.74. The summed E-state index contributed by atoms with van der Waals surface area (Å²) in [5.41, 5.74) is 1.61. The SMILES string of the molecule is Cn1ncc(C(=O)N2CCC2)c1C(=O)Nc1ccn2cc(-c3cccc(F)c3)nc2n1. The number of rotatable bonds is 4. The number of aryl methyl sites for hydroxylation is 1. The summed E-state index contributed by atoms with van der Waals surface area (Å²) in [6.45, 7) is 1.36. The lowest BCUT2D eigenvalue weighted by atomic mass is 10.1. The second-order valence-electron chi connectivity index (χ2n) is 7.29. The number of carbonyl (C=O) groups is 2. The summed E-state index contributed by atoms with van der Waals surface area (Å²) < 4.78 is 16.6. The molecule has 1 aromatic carbocycles. The van der Waals surface area contributed by atoms with E-state index in [9.17, 15) is 14.0 Å². The number of imidazole rings is 1. The standard InChI is InChI=1S/C21H18FN7O2/c1-27-18(15(11-23-27)20(31)28-7-3-8-28)19(30)25-17-6-9-29-12-16(24-21(29)26-17)13-4-2-5-14(22)10-13/h2,4-6,9-12H,3,7-8H2,1H3,(H,24,25,26,30). The number of aromatic nitrogens is 5. The number of nitrogens with zero attached hydrogens (tertiary/aromatic N) is 6. The van der Waals surface area contributed by atoms with Crippen molar-refractivity contribution in [1.82, 2.24) is 29.0 Å². The molecule has 4 aromatic rings. The van der Waals surface area contributed by atoms with Gasteiger partial charge in [0.05, 0.1) is 17.5 Å². The van der Waals surface area contributed by atoms with Crippen LogP contribution in [-0.4, -0.2) is 54.0 Å². The van der Waals surface area contributed by atoms with Gasteiger partial charge in [0.15, 0.2) is 0 Å². The number of anilines is 1. The van der Waals surface area contributed by atoms with Gasteiger partial charge in [0, 0.05) is 38.1 Å². The summed E-state index contributed by atoms with van der Waals surface area (Å²) in [4.78, 5) is 35.9. The second-order valence-corrected chi connectivity index (χ2v) is 7.29. The zero-order valence-corrected chi connectivity index (χ0v) is 16.6. The highest BCUT2D eigenvalue weighted by atomic mass is 19.1. The predicted molar refractivity (Wildman–Crippen MR) is 110 cm³/mol. The minimum atomic E-state index is -0.488. The predicted octanol–water partition coefficient (Wildman–Crippen LogP) is 2.37. The quantitative estimate of drug-likeness (QED) is 0.548. The van der Waals surface area contributed by atoms with E-state index in [2.05, 4.69) is 20.4 Å². The van der Waals surface area contributed by atoms with Gasteiger partial charge in [-0.05, 0) is 24.6 Å². The Morgan fingerprint density at radius 1 is 1.16 bits per heavy atom. The molecule has 31 heavy (non-hydrogen) atoms. The molecule has 4 heterocycles. The first kappa shape index (κ1) is 18.9. The Balaban J connectivity index is 1.41. The third kappa shape index (κ3) is 3.41. The van der Waals surface area contributed by atoms with Crippen LogP contribution in [0.1, 0.15) is 27.3 Å². The zero-order valence-electron chi connectivity index (χ0n) is 16.6. The summed E-state index contributed by atoms with van der Waals surface area (Å²) in [5.74, 6) is -0.426. The van der Waals surface area contributed by atoms with Gasteiger partial charge < -0.3 is 10.2 Å². The van der Waals surface area contributed by atoms with Crippen LogP contribution in [0.5, 0.6) is 0 Å². The van der Waals surface area contributed by atoms with Crippen LogP contribution in [0, 0.1) is 5.82 Å². The van der Waals surface area contributed by atoms with Crippen LogP contribution in [0.4, 0.5) is 10.2 Å². The fourth-order valence-corrected chi connectivity index (χ4v) is 3.46. The molecule has 0 aliphatic carbocycles.